The molecule has 1 amide bonds. The molecule has 0 radical (unpaired) electrons. The third kappa shape index (κ3) is 15.3. The minimum atomic E-state index is -0.181. The van der Waals surface area contributed by atoms with Gasteiger partial charge in [0.2, 0.25) is 17.7 Å². The highest BCUT2D eigenvalue weighted by atomic mass is 16.5. The lowest BCUT2D eigenvalue weighted by molar-refractivity contribution is -0.117. The smallest absolute Gasteiger partial charge is 0.256 e. The van der Waals surface area contributed by atoms with E-state index in [4.69, 9.17) is 34.6 Å². The van der Waals surface area contributed by atoms with Crippen LogP contribution in [0.1, 0.15) is 78.3 Å². The van der Waals surface area contributed by atoms with Gasteiger partial charge in [-0.25, -0.2) is 15.0 Å². The molecule has 406 valence electrons. The number of nitrogens with one attached hydrogen (secondary N) is 3. The van der Waals surface area contributed by atoms with Crippen LogP contribution in [0.4, 0.5) is 29.1 Å². The van der Waals surface area contributed by atoms with Crippen molar-refractivity contribution in [2.75, 3.05) is 106 Å². The van der Waals surface area contributed by atoms with Gasteiger partial charge in [0.05, 0.1) is 32.4 Å². The zero-order valence-electron chi connectivity index (χ0n) is 44.9. The number of piperidine rings is 1. The molecule has 1 atom stereocenters. The van der Waals surface area contributed by atoms with Gasteiger partial charge in [0.15, 0.2) is 22.6 Å². The van der Waals surface area contributed by atoms with Crippen molar-refractivity contribution in [3.8, 4) is 11.8 Å². The number of rotatable bonds is 22. The lowest BCUT2D eigenvalue weighted by Gasteiger charge is -2.34. The topological polar surface area (TPSA) is 209 Å². The summed E-state index contributed by atoms with van der Waals surface area (Å²) in [5.74, 6) is 4.04. The Morgan fingerprint density at radius 1 is 0.907 bits per heavy atom. The molecule has 21 nitrogen and oxygen atoms in total. The molecule has 21 heteroatoms. The minimum Gasteiger partial charge on any atom is -0.478 e. The number of carbonyl (C=O) groups is 1. The Bertz CT molecular complexity index is 2780. The summed E-state index contributed by atoms with van der Waals surface area (Å²) in [4.78, 5) is 45.3. The highest BCUT2D eigenvalue weighted by Crippen LogP contribution is 2.31. The number of piperazine rings is 1. The van der Waals surface area contributed by atoms with E-state index in [1.165, 1.54) is 25.3 Å². The highest BCUT2D eigenvalue weighted by Gasteiger charge is 2.27. The van der Waals surface area contributed by atoms with Crippen LogP contribution in [0.25, 0.3) is 16.8 Å². The average molecular weight is 1030 g/mol. The maximum Gasteiger partial charge on any atom is 0.256 e. The lowest BCUT2D eigenvalue weighted by Crippen LogP contribution is -2.47. The average Bonchev–Trinajstić information content (AvgIpc) is 4.27. The molecule has 0 aromatic carbocycles. The maximum atomic E-state index is 11.9. The van der Waals surface area contributed by atoms with Crippen LogP contribution in [0, 0.1) is 0 Å². The molecule has 0 bridgehead atoms. The van der Waals surface area contributed by atoms with E-state index in [-0.39, 0.29) is 20.0 Å². The number of nitrogens with zero attached hydrogens (tertiary/aromatic N) is 14. The summed E-state index contributed by atoms with van der Waals surface area (Å²) in [5.41, 5.74) is 6.32. The number of allylic oxidation sites excluding steroid dienone is 2. The number of anilines is 5. The lowest BCUT2D eigenvalue weighted by atomic mass is 10.1. The molecular weight excluding hydrogens is 951 g/mol. The van der Waals surface area contributed by atoms with Gasteiger partial charge in [-0.05, 0) is 76.5 Å². The number of carbonyl (C=O) groups excluding carboxylic acids is 1. The number of methoxy groups -OCH3 is 1. The van der Waals surface area contributed by atoms with Crippen molar-refractivity contribution in [1.82, 2.24) is 64.0 Å². The zero-order chi connectivity index (χ0) is 53.1. The molecule has 9 rings (SSSR count). The van der Waals surface area contributed by atoms with Gasteiger partial charge >= 0.3 is 0 Å². The van der Waals surface area contributed by atoms with E-state index in [9.17, 15) is 4.79 Å². The number of imidazole rings is 1. The molecule has 75 heavy (non-hydrogen) atoms. The van der Waals surface area contributed by atoms with Crippen molar-refractivity contribution in [1.29, 1.82) is 0 Å². The molecule has 6 aromatic heterocycles. The molecule has 9 heterocycles. The summed E-state index contributed by atoms with van der Waals surface area (Å²) >= 11 is 0. The van der Waals surface area contributed by atoms with Gasteiger partial charge in [-0.2, -0.15) is 19.6 Å². The van der Waals surface area contributed by atoms with Gasteiger partial charge in [-0.3, -0.25) is 9.48 Å². The first kappa shape index (κ1) is 55.6. The van der Waals surface area contributed by atoms with Crippen LogP contribution in [0.2, 0.25) is 0 Å². The fourth-order valence-electron chi connectivity index (χ4n) is 9.18. The molecular formula is C54H81N17O4. The van der Waals surface area contributed by atoms with Crippen LogP contribution in [-0.2, 0) is 31.4 Å². The summed E-state index contributed by atoms with van der Waals surface area (Å²) in [6.07, 6.45) is 18.9. The van der Waals surface area contributed by atoms with Gasteiger partial charge < -0.3 is 54.7 Å². The van der Waals surface area contributed by atoms with E-state index in [0.29, 0.717) is 66.6 Å². The predicted molar refractivity (Wildman–Crippen MR) is 299 cm³/mol. The summed E-state index contributed by atoms with van der Waals surface area (Å²) in [6, 6.07) is 6.17. The fraction of sp³-hybridized carbons (Fsp3) is 0.519. The van der Waals surface area contributed by atoms with Crippen molar-refractivity contribution in [2.45, 2.75) is 91.3 Å². The number of pyridine rings is 1. The maximum absolute atomic E-state index is 11.9. The van der Waals surface area contributed by atoms with E-state index >= 15 is 0 Å². The number of aliphatic hydroxyl groups is 1. The largest absolute Gasteiger partial charge is 0.478 e. The second-order valence-electron chi connectivity index (χ2n) is 18.9. The van der Waals surface area contributed by atoms with Gasteiger partial charge in [0, 0.05) is 117 Å². The summed E-state index contributed by atoms with van der Waals surface area (Å²) < 4.78 is 17.5. The van der Waals surface area contributed by atoms with Crippen LogP contribution in [0.15, 0.2) is 80.6 Å². The van der Waals surface area contributed by atoms with Crippen molar-refractivity contribution >= 4 is 51.8 Å². The third-order valence-corrected chi connectivity index (χ3v) is 13.5. The van der Waals surface area contributed by atoms with Crippen LogP contribution >= 0.6 is 0 Å². The van der Waals surface area contributed by atoms with Gasteiger partial charge in [-0.1, -0.05) is 51.3 Å². The quantitative estimate of drug-likeness (QED) is 0.0319. The van der Waals surface area contributed by atoms with Crippen LogP contribution in [-0.4, -0.2) is 162 Å². The van der Waals surface area contributed by atoms with E-state index in [1.807, 2.05) is 45.5 Å². The predicted octanol–water partition coefficient (Wildman–Crippen LogP) is 6.66. The van der Waals surface area contributed by atoms with Crippen LogP contribution in [0.5, 0.6) is 11.8 Å². The molecule has 4 N–H and O–H groups in total. The third-order valence-electron chi connectivity index (χ3n) is 13.5. The number of aromatic nitrogens is 10. The molecule has 6 aromatic rings. The SMILES string of the molecule is C=CC(=C)CC.C=CC(=O)NC1CCN(c2nc(Nc3cn(CCCN4CCN(CCCOc5ccc(CNc6cc(N7CCCCC7)nc7c(CC)cnn67)cn5)CC4)nc3OC)c3ncn(C)c3n2)C1.CCO.[HH]. The summed E-state index contributed by atoms with van der Waals surface area (Å²) in [5, 5.41) is 27.0. The van der Waals surface area contributed by atoms with Crippen LogP contribution in [0.3, 0.4) is 0 Å². The molecule has 0 aliphatic carbocycles. The highest BCUT2D eigenvalue weighted by molar-refractivity contribution is 5.88. The molecule has 0 saturated carbocycles. The van der Waals surface area contributed by atoms with Crippen molar-refractivity contribution < 1.29 is 20.8 Å². The molecule has 3 aliphatic rings. The molecule has 3 saturated heterocycles. The standard InChI is InChI=1S/C46H63N17O3.C6H10.C2H6O.H2/c1-5-34-29-50-63-37(26-38(53-43(34)63)60-17-8-7-9-18-60)47-27-33-12-13-40(48-28-33)66-25-11-16-59-23-21-58(22-24-59)15-10-19-62-31-36(45(56-62)65-4)52-42-41-44(57(3)32-49-41)55-46(54-42)61-20-14-35(30-61)51-39(64)6-2;1-4-6(3)5-2;1-2-3;/h6,12-13,26,28-29,31-32,35,47H,2,5,7-11,14-25,27,30H2,1,3-4H3,(H,51,64)(H,52,54,55);4H,1,3,5H2,2H3;3H,2H2,1H3;1H. The first-order valence-electron chi connectivity index (χ1n) is 26.6. The normalized spacial score (nSPS) is 15.9. The van der Waals surface area contributed by atoms with E-state index in [1.54, 1.807) is 26.4 Å². The van der Waals surface area contributed by atoms with Crippen molar-refractivity contribution in [3.05, 3.63) is 91.7 Å². The van der Waals surface area contributed by atoms with Gasteiger partial charge in [0.25, 0.3) is 5.88 Å². The van der Waals surface area contributed by atoms with Crippen LogP contribution < -0.4 is 35.2 Å². The number of hydrogen-bond donors (Lipinski definition) is 4. The molecule has 1 unspecified atom stereocenters. The van der Waals surface area contributed by atoms with E-state index < -0.39 is 0 Å². The Balaban J connectivity index is 0.000000868. The molecule has 3 aliphatic heterocycles. The number of aliphatic hydroxyl groups excluding tert-OH is 1. The van der Waals surface area contributed by atoms with Gasteiger partial charge in [-0.15, -0.1) is 5.10 Å². The van der Waals surface area contributed by atoms with Gasteiger partial charge in [0.1, 0.15) is 17.3 Å². The number of hydrogen-bond acceptors (Lipinski definition) is 17. The number of aryl methyl sites for hydroxylation is 3. The number of fused-ring (bicyclic) bond motifs is 2. The second-order valence-corrected chi connectivity index (χ2v) is 18.9. The Hall–Kier alpha value is -7.10. The zero-order valence-corrected chi connectivity index (χ0v) is 44.9. The minimum absolute atomic E-state index is 0. The molecule has 3 fully saturated rings. The number of ether oxygens (including phenoxy) is 2. The summed E-state index contributed by atoms with van der Waals surface area (Å²) in [7, 11) is 3.53. The summed E-state index contributed by atoms with van der Waals surface area (Å²) in [6.45, 7) is 28.5. The van der Waals surface area contributed by atoms with E-state index in [2.05, 4.69) is 96.3 Å². The Labute approximate surface area is 443 Å². The monoisotopic (exact) mass is 1030 g/mol. The Kier molecular flexibility index (Phi) is 20.8. The first-order valence-corrected chi connectivity index (χ1v) is 26.6. The molecule has 0 spiro atoms. The van der Waals surface area contributed by atoms with Crippen molar-refractivity contribution in [3.63, 3.8) is 0 Å². The second kappa shape index (κ2) is 28.0. The Morgan fingerprint density at radius 3 is 2.33 bits per heavy atom. The fourth-order valence-corrected chi connectivity index (χ4v) is 9.18. The van der Waals surface area contributed by atoms with Crippen molar-refractivity contribution in [2.24, 2.45) is 7.05 Å². The number of amides is 1. The Morgan fingerprint density at radius 2 is 1.67 bits per heavy atom. The first-order chi connectivity index (χ1) is 36.6. The van der Waals surface area contributed by atoms with E-state index in [0.717, 1.165) is 125 Å².